The monoisotopic (exact) mass is 461 g/mol. The highest BCUT2D eigenvalue weighted by atomic mass is 16.5. The molecular weight excluding hydrogens is 434 g/mol. The fourth-order valence-corrected chi connectivity index (χ4v) is 5.25. The first-order valence-electron chi connectivity index (χ1n) is 11.6. The first-order chi connectivity index (χ1) is 16.5. The van der Waals surface area contributed by atoms with Gasteiger partial charge in [0, 0.05) is 6.54 Å². The van der Waals surface area contributed by atoms with Crippen LogP contribution in [0.15, 0.2) is 59.9 Å². The zero-order valence-corrected chi connectivity index (χ0v) is 19.3. The van der Waals surface area contributed by atoms with Crippen molar-refractivity contribution in [3.05, 3.63) is 76.6 Å². The summed E-state index contributed by atoms with van der Waals surface area (Å²) in [7, 11) is 2.94. The van der Waals surface area contributed by atoms with Gasteiger partial charge in [-0.15, -0.1) is 0 Å². The Hall–Kier alpha value is -3.61. The second-order valence-electron chi connectivity index (χ2n) is 8.95. The Labute approximate surface area is 198 Å². The smallest absolute Gasteiger partial charge is 0.337 e. The van der Waals surface area contributed by atoms with E-state index in [9.17, 15) is 14.4 Å². The number of ether oxygens (including phenoxy) is 3. The van der Waals surface area contributed by atoms with E-state index in [2.05, 4.69) is 0 Å². The summed E-state index contributed by atoms with van der Waals surface area (Å²) in [5, 5.41) is 0. The molecule has 3 aliphatic rings. The molecule has 0 bridgehead atoms. The second-order valence-corrected chi connectivity index (χ2v) is 8.95. The van der Waals surface area contributed by atoms with Crippen LogP contribution in [0.5, 0.6) is 5.75 Å². The Morgan fingerprint density at radius 2 is 1.71 bits per heavy atom. The highest BCUT2D eigenvalue weighted by molar-refractivity contribution is 6.11. The van der Waals surface area contributed by atoms with Gasteiger partial charge in [0.1, 0.15) is 11.9 Å². The number of carbonyl (C=O) groups excluding carboxylic acids is 3. The number of ketones is 1. The molecule has 1 saturated carbocycles. The molecule has 2 aromatic rings. The van der Waals surface area contributed by atoms with Gasteiger partial charge in [0.15, 0.2) is 11.5 Å². The van der Waals surface area contributed by atoms with Crippen molar-refractivity contribution in [1.29, 1.82) is 0 Å². The number of benzene rings is 2. The lowest BCUT2D eigenvalue weighted by atomic mass is 9.77. The zero-order chi connectivity index (χ0) is 23.8. The van der Waals surface area contributed by atoms with Crippen LogP contribution in [-0.2, 0) is 25.6 Å². The van der Waals surface area contributed by atoms with Crippen molar-refractivity contribution in [2.45, 2.75) is 44.4 Å². The number of amides is 1. The molecule has 0 N–H and O–H groups in total. The van der Waals surface area contributed by atoms with Crippen LogP contribution in [0.25, 0.3) is 0 Å². The third kappa shape index (κ3) is 3.75. The summed E-state index contributed by atoms with van der Waals surface area (Å²) in [6, 6.07) is 13.8. The molecule has 2 heterocycles. The third-order valence-electron chi connectivity index (χ3n) is 7.02. The Kier molecular flexibility index (Phi) is 5.86. The average molecular weight is 462 g/mol. The van der Waals surface area contributed by atoms with E-state index in [0.717, 1.165) is 42.6 Å². The Morgan fingerprint density at radius 3 is 2.38 bits per heavy atom. The van der Waals surface area contributed by atoms with E-state index in [1.54, 1.807) is 36.3 Å². The number of methoxy groups -OCH3 is 2. The SMILES string of the molecule is COC(=O)c1ccc(C2C3=C(OC4CCCCC4C3=O)C(=O)N2Cc2ccc(OC)cc2)cc1. The lowest BCUT2D eigenvalue weighted by molar-refractivity contribution is -0.135. The summed E-state index contributed by atoms with van der Waals surface area (Å²) >= 11 is 0. The molecule has 0 spiro atoms. The van der Waals surface area contributed by atoms with Crippen molar-refractivity contribution in [3.63, 3.8) is 0 Å². The summed E-state index contributed by atoms with van der Waals surface area (Å²) in [4.78, 5) is 40.9. The van der Waals surface area contributed by atoms with Gasteiger partial charge in [0.25, 0.3) is 5.91 Å². The van der Waals surface area contributed by atoms with Crippen LogP contribution in [0.4, 0.5) is 0 Å². The molecule has 2 aliphatic heterocycles. The number of hydrogen-bond donors (Lipinski definition) is 0. The second kappa shape index (κ2) is 8.97. The van der Waals surface area contributed by atoms with Gasteiger partial charge < -0.3 is 19.1 Å². The summed E-state index contributed by atoms with van der Waals surface area (Å²) in [6.07, 6.45) is 3.32. The lowest BCUT2D eigenvalue weighted by Crippen LogP contribution is -2.39. The molecule has 1 amide bonds. The summed E-state index contributed by atoms with van der Waals surface area (Å²) in [6.45, 7) is 0.311. The molecule has 0 aromatic heterocycles. The molecular formula is C27H27NO6. The standard InChI is InChI=1S/C27H27NO6/c1-32-19-13-7-16(8-14-19)15-28-23(17-9-11-18(12-10-17)27(31)33-2)22-24(29)20-5-3-4-6-21(20)34-25(22)26(28)30/h7-14,20-21,23H,3-6,15H2,1-2H3. The van der Waals surface area contributed by atoms with Crippen LogP contribution < -0.4 is 4.74 Å². The van der Waals surface area contributed by atoms with Gasteiger partial charge in [-0.25, -0.2) is 4.79 Å². The van der Waals surface area contributed by atoms with Gasteiger partial charge >= 0.3 is 5.97 Å². The molecule has 2 aromatic carbocycles. The number of Topliss-reactive ketones (excluding diaryl/α,β-unsaturated/α-hetero) is 1. The molecule has 0 radical (unpaired) electrons. The van der Waals surface area contributed by atoms with Gasteiger partial charge in [0.2, 0.25) is 0 Å². The van der Waals surface area contributed by atoms with Crippen LogP contribution >= 0.6 is 0 Å². The summed E-state index contributed by atoms with van der Waals surface area (Å²) in [5.41, 5.74) is 2.51. The molecule has 1 fully saturated rings. The van der Waals surface area contributed by atoms with Crippen LogP contribution in [0.2, 0.25) is 0 Å². The number of rotatable bonds is 5. The number of nitrogens with zero attached hydrogens (tertiary/aromatic N) is 1. The first-order valence-corrected chi connectivity index (χ1v) is 11.6. The maximum atomic E-state index is 13.7. The van der Waals surface area contributed by atoms with Gasteiger partial charge in [-0.05, 0) is 54.7 Å². The minimum Gasteiger partial charge on any atom is -0.497 e. The molecule has 34 heavy (non-hydrogen) atoms. The Morgan fingerprint density at radius 1 is 1.00 bits per heavy atom. The summed E-state index contributed by atoms with van der Waals surface area (Å²) < 4.78 is 16.3. The van der Waals surface area contributed by atoms with E-state index < -0.39 is 12.0 Å². The van der Waals surface area contributed by atoms with Crippen LogP contribution in [0.3, 0.4) is 0 Å². The van der Waals surface area contributed by atoms with Crippen LogP contribution in [0.1, 0.15) is 53.2 Å². The molecule has 1 aliphatic carbocycles. The molecule has 3 unspecified atom stereocenters. The van der Waals surface area contributed by atoms with Gasteiger partial charge in [0.05, 0.1) is 37.3 Å². The topological polar surface area (TPSA) is 82.1 Å². The van der Waals surface area contributed by atoms with Crippen LogP contribution in [0, 0.1) is 5.92 Å². The number of esters is 1. The number of carbonyl (C=O) groups is 3. The van der Waals surface area contributed by atoms with E-state index in [4.69, 9.17) is 14.2 Å². The molecule has 7 nitrogen and oxygen atoms in total. The number of fused-ring (bicyclic) bond motifs is 1. The highest BCUT2D eigenvalue weighted by Gasteiger charge is 2.51. The predicted molar refractivity (Wildman–Crippen MR) is 123 cm³/mol. The average Bonchev–Trinajstić information content (AvgIpc) is 3.15. The van der Waals surface area contributed by atoms with E-state index in [0.29, 0.717) is 17.7 Å². The summed E-state index contributed by atoms with van der Waals surface area (Å²) in [5.74, 6) is 0.00298. The molecule has 3 atom stereocenters. The van der Waals surface area contributed by atoms with Crippen molar-refractivity contribution in [3.8, 4) is 5.75 Å². The number of hydrogen-bond acceptors (Lipinski definition) is 6. The maximum Gasteiger partial charge on any atom is 0.337 e. The van der Waals surface area contributed by atoms with Gasteiger partial charge in [-0.3, -0.25) is 9.59 Å². The molecule has 176 valence electrons. The molecule has 7 heteroatoms. The Bertz CT molecular complexity index is 1150. The van der Waals surface area contributed by atoms with E-state index in [-0.39, 0.29) is 29.5 Å². The van der Waals surface area contributed by atoms with Gasteiger partial charge in [-0.1, -0.05) is 30.7 Å². The highest BCUT2D eigenvalue weighted by Crippen LogP contribution is 2.47. The van der Waals surface area contributed by atoms with Crippen molar-refractivity contribution in [2.24, 2.45) is 5.92 Å². The largest absolute Gasteiger partial charge is 0.497 e. The fourth-order valence-electron chi connectivity index (χ4n) is 5.25. The quantitative estimate of drug-likeness (QED) is 0.627. The minimum atomic E-state index is -0.577. The van der Waals surface area contributed by atoms with Crippen molar-refractivity contribution >= 4 is 17.7 Å². The van der Waals surface area contributed by atoms with E-state index >= 15 is 0 Å². The molecule has 0 saturated heterocycles. The van der Waals surface area contributed by atoms with Crippen LogP contribution in [-0.4, -0.2) is 42.9 Å². The lowest BCUT2D eigenvalue weighted by Gasteiger charge is -2.35. The Balaban J connectivity index is 1.54. The van der Waals surface area contributed by atoms with E-state index in [1.807, 2.05) is 24.3 Å². The zero-order valence-electron chi connectivity index (χ0n) is 19.3. The third-order valence-corrected chi connectivity index (χ3v) is 7.02. The molecule has 5 rings (SSSR count). The van der Waals surface area contributed by atoms with E-state index in [1.165, 1.54) is 7.11 Å². The predicted octanol–water partition coefficient (Wildman–Crippen LogP) is 3.98. The van der Waals surface area contributed by atoms with Gasteiger partial charge in [-0.2, -0.15) is 0 Å². The van der Waals surface area contributed by atoms with Crippen molar-refractivity contribution < 1.29 is 28.6 Å². The van der Waals surface area contributed by atoms with Crippen molar-refractivity contribution in [2.75, 3.05) is 14.2 Å². The first kappa shape index (κ1) is 22.2. The van der Waals surface area contributed by atoms with Crippen molar-refractivity contribution in [1.82, 2.24) is 4.90 Å². The minimum absolute atomic E-state index is 0.0126. The fraction of sp³-hybridized carbons (Fsp3) is 0.370. The normalized spacial score (nSPS) is 23.8. The maximum absolute atomic E-state index is 13.7.